The van der Waals surface area contributed by atoms with Crippen molar-refractivity contribution in [2.75, 3.05) is 0 Å². The van der Waals surface area contributed by atoms with E-state index in [1.165, 1.54) is 33.1 Å². The van der Waals surface area contributed by atoms with Crippen LogP contribution in [0, 0.1) is 28.1 Å². The van der Waals surface area contributed by atoms with Gasteiger partial charge in [-0.15, -0.1) is 4.91 Å². The standard InChI is InChI=1S/C18H23NO5/c1-17(2)23-15(20)14(16(21)24-17)13(19-22)9-18-6-10-3-11(7-18)5-12(4-10)8-18/h10-12H,3-9H2,1-2H3. The van der Waals surface area contributed by atoms with Gasteiger partial charge in [0.05, 0.1) is 0 Å². The highest BCUT2D eigenvalue weighted by Gasteiger charge is 2.52. The molecule has 0 atom stereocenters. The Morgan fingerprint density at radius 3 is 1.88 bits per heavy atom. The molecule has 5 fully saturated rings. The van der Waals surface area contributed by atoms with Gasteiger partial charge in [0.15, 0.2) is 5.57 Å². The summed E-state index contributed by atoms with van der Waals surface area (Å²) in [7, 11) is 0. The van der Waals surface area contributed by atoms with Gasteiger partial charge < -0.3 is 9.47 Å². The number of carbonyl (C=O) groups is 2. The summed E-state index contributed by atoms with van der Waals surface area (Å²) < 4.78 is 10.2. The van der Waals surface area contributed by atoms with E-state index in [1.807, 2.05) is 0 Å². The molecule has 1 aliphatic heterocycles. The molecule has 130 valence electrons. The number of esters is 2. The molecule has 0 aromatic heterocycles. The Morgan fingerprint density at radius 2 is 1.46 bits per heavy atom. The van der Waals surface area contributed by atoms with Gasteiger partial charge in [-0.3, -0.25) is 0 Å². The predicted octanol–water partition coefficient (Wildman–Crippen LogP) is 3.45. The fourth-order valence-electron chi connectivity index (χ4n) is 5.92. The molecule has 1 heterocycles. The number of carbonyl (C=O) groups excluding carboxylic acids is 2. The minimum absolute atomic E-state index is 0.0124. The summed E-state index contributed by atoms with van der Waals surface area (Å²) >= 11 is 0. The molecule has 5 aliphatic rings. The summed E-state index contributed by atoms with van der Waals surface area (Å²) in [5, 5.41) is 3.06. The van der Waals surface area contributed by atoms with Crippen molar-refractivity contribution in [3.8, 4) is 0 Å². The van der Waals surface area contributed by atoms with E-state index in [0.717, 1.165) is 37.0 Å². The first kappa shape index (κ1) is 15.8. The molecule has 0 spiro atoms. The number of cyclic esters (lactones) is 2. The van der Waals surface area contributed by atoms with E-state index in [1.54, 1.807) is 0 Å². The van der Waals surface area contributed by atoms with Gasteiger partial charge in [-0.25, -0.2) is 9.59 Å². The molecule has 0 aromatic carbocycles. The Kier molecular flexibility index (Phi) is 3.38. The number of hydrogen-bond donors (Lipinski definition) is 0. The molecule has 0 N–H and O–H groups in total. The first-order chi connectivity index (χ1) is 11.3. The van der Waals surface area contributed by atoms with Gasteiger partial charge in [-0.2, -0.15) is 0 Å². The number of allylic oxidation sites excluding steroid dienone is 1. The second kappa shape index (κ2) is 5.14. The molecule has 1 saturated heterocycles. The molecule has 4 saturated carbocycles. The highest BCUT2D eigenvalue weighted by Crippen LogP contribution is 2.62. The van der Waals surface area contributed by atoms with Gasteiger partial charge in [-0.05, 0) is 66.9 Å². The molecule has 24 heavy (non-hydrogen) atoms. The molecular weight excluding hydrogens is 310 g/mol. The third-order valence-corrected chi connectivity index (χ3v) is 6.19. The summed E-state index contributed by atoms with van der Waals surface area (Å²) in [5.41, 5.74) is -0.277. The van der Waals surface area contributed by atoms with E-state index in [2.05, 4.69) is 5.18 Å². The number of hydrogen-bond acceptors (Lipinski definition) is 6. The quantitative estimate of drug-likeness (QED) is 0.342. The van der Waals surface area contributed by atoms with Crippen molar-refractivity contribution in [2.24, 2.45) is 28.3 Å². The van der Waals surface area contributed by atoms with Crippen molar-refractivity contribution < 1.29 is 19.1 Å². The molecular formula is C18H23NO5. The fourth-order valence-corrected chi connectivity index (χ4v) is 5.92. The second-order valence-electron chi connectivity index (χ2n) is 8.69. The molecule has 4 bridgehead atoms. The number of nitroso groups, excluding NO2 is 1. The minimum atomic E-state index is -1.30. The zero-order valence-corrected chi connectivity index (χ0v) is 14.2. The number of nitrogens with zero attached hydrogens (tertiary/aromatic N) is 1. The van der Waals surface area contributed by atoms with Gasteiger partial charge in [0.2, 0.25) is 0 Å². The van der Waals surface area contributed by atoms with Crippen LogP contribution >= 0.6 is 0 Å². The Morgan fingerprint density at radius 1 is 1.00 bits per heavy atom. The zero-order valence-electron chi connectivity index (χ0n) is 14.2. The van der Waals surface area contributed by atoms with E-state index < -0.39 is 17.7 Å². The maximum absolute atomic E-state index is 12.2. The summed E-state index contributed by atoms with van der Waals surface area (Å²) in [6.07, 6.45) is 7.47. The average Bonchev–Trinajstić information content (AvgIpc) is 2.42. The molecule has 0 radical (unpaired) electrons. The summed E-state index contributed by atoms with van der Waals surface area (Å²) in [5.74, 6) is -0.729. The lowest BCUT2D eigenvalue weighted by molar-refractivity contribution is -0.222. The Bertz CT molecular complexity index is 591. The van der Waals surface area contributed by atoms with Crippen molar-refractivity contribution in [1.29, 1.82) is 0 Å². The van der Waals surface area contributed by atoms with Gasteiger partial charge in [-0.1, -0.05) is 0 Å². The van der Waals surface area contributed by atoms with Crippen LogP contribution in [0.2, 0.25) is 0 Å². The van der Waals surface area contributed by atoms with Crippen molar-refractivity contribution in [3.63, 3.8) is 0 Å². The van der Waals surface area contributed by atoms with E-state index in [9.17, 15) is 14.5 Å². The van der Waals surface area contributed by atoms with E-state index >= 15 is 0 Å². The van der Waals surface area contributed by atoms with Crippen molar-refractivity contribution in [1.82, 2.24) is 0 Å². The van der Waals surface area contributed by atoms with Crippen LogP contribution in [0.4, 0.5) is 0 Å². The first-order valence-corrected chi connectivity index (χ1v) is 8.82. The van der Waals surface area contributed by atoms with E-state index in [0.29, 0.717) is 6.42 Å². The maximum Gasteiger partial charge on any atom is 0.350 e. The topological polar surface area (TPSA) is 82.0 Å². The molecule has 0 aromatic rings. The van der Waals surface area contributed by atoms with Crippen LogP contribution in [-0.2, 0) is 19.1 Å². The first-order valence-electron chi connectivity index (χ1n) is 8.82. The largest absolute Gasteiger partial charge is 0.419 e. The van der Waals surface area contributed by atoms with Crippen molar-refractivity contribution >= 4 is 11.9 Å². The Balaban J connectivity index is 1.64. The Labute approximate surface area is 140 Å². The zero-order chi connectivity index (χ0) is 17.1. The third-order valence-electron chi connectivity index (χ3n) is 6.19. The van der Waals surface area contributed by atoms with Gasteiger partial charge >= 0.3 is 11.9 Å². The van der Waals surface area contributed by atoms with Gasteiger partial charge in [0, 0.05) is 20.3 Å². The average molecular weight is 333 g/mol. The number of rotatable bonds is 3. The van der Waals surface area contributed by atoms with Crippen molar-refractivity contribution in [2.45, 2.75) is 64.6 Å². The number of ether oxygens (including phenoxy) is 2. The smallest absolute Gasteiger partial charge is 0.350 e. The van der Waals surface area contributed by atoms with Crippen LogP contribution in [0.3, 0.4) is 0 Å². The summed E-state index contributed by atoms with van der Waals surface area (Å²) in [4.78, 5) is 35.9. The molecule has 5 rings (SSSR count). The van der Waals surface area contributed by atoms with Crippen molar-refractivity contribution in [3.05, 3.63) is 16.2 Å². The maximum atomic E-state index is 12.2. The SMILES string of the molecule is CC1(C)OC(=O)C(=C(CC23CC4CC(CC(C4)C2)C3)N=O)C(=O)O1. The van der Waals surface area contributed by atoms with Gasteiger partial charge in [0.25, 0.3) is 5.79 Å². The van der Waals surface area contributed by atoms with Crippen LogP contribution < -0.4 is 0 Å². The van der Waals surface area contributed by atoms with Crippen LogP contribution in [0.15, 0.2) is 16.4 Å². The highest BCUT2D eigenvalue weighted by molar-refractivity contribution is 6.16. The van der Waals surface area contributed by atoms with E-state index in [-0.39, 0.29) is 16.7 Å². The predicted molar refractivity (Wildman–Crippen MR) is 84.3 cm³/mol. The second-order valence-corrected chi connectivity index (χ2v) is 8.69. The summed E-state index contributed by atoms with van der Waals surface area (Å²) in [6.45, 7) is 2.99. The molecule has 6 nitrogen and oxygen atoms in total. The van der Waals surface area contributed by atoms with Crippen LogP contribution in [-0.4, -0.2) is 17.7 Å². The Hall–Kier alpha value is -1.72. The van der Waals surface area contributed by atoms with E-state index in [4.69, 9.17) is 9.47 Å². The molecule has 6 heteroatoms. The minimum Gasteiger partial charge on any atom is -0.419 e. The highest BCUT2D eigenvalue weighted by atomic mass is 16.7. The normalized spacial score (nSPS) is 39.4. The lowest BCUT2D eigenvalue weighted by Gasteiger charge is -2.57. The van der Waals surface area contributed by atoms with Crippen LogP contribution in [0.1, 0.15) is 58.8 Å². The fraction of sp³-hybridized carbons (Fsp3) is 0.778. The monoisotopic (exact) mass is 333 g/mol. The van der Waals surface area contributed by atoms with Crippen LogP contribution in [0.5, 0.6) is 0 Å². The third kappa shape index (κ3) is 2.56. The lowest BCUT2D eigenvalue weighted by atomic mass is 9.48. The molecule has 4 aliphatic carbocycles. The summed E-state index contributed by atoms with van der Waals surface area (Å²) in [6, 6.07) is 0. The molecule has 0 amide bonds. The molecule has 0 unspecified atom stereocenters. The van der Waals surface area contributed by atoms with Gasteiger partial charge in [0.1, 0.15) is 5.70 Å². The van der Waals surface area contributed by atoms with Crippen LogP contribution in [0.25, 0.3) is 0 Å². The lowest BCUT2D eigenvalue weighted by Crippen LogP contribution is -2.46.